The quantitative estimate of drug-likeness (QED) is 0.814. The maximum absolute atomic E-state index is 5.80. The molecule has 0 saturated carbocycles. The van der Waals surface area contributed by atoms with E-state index in [1.165, 1.54) is 5.56 Å². The zero-order chi connectivity index (χ0) is 10.5. The Morgan fingerprint density at radius 1 is 1.33 bits per heavy atom. The van der Waals surface area contributed by atoms with Crippen molar-refractivity contribution in [2.75, 3.05) is 19.6 Å². The van der Waals surface area contributed by atoms with Crippen molar-refractivity contribution in [1.82, 2.24) is 10.6 Å². The molecule has 1 aromatic rings. The lowest BCUT2D eigenvalue weighted by Gasteiger charge is -2.06. The summed E-state index contributed by atoms with van der Waals surface area (Å²) >= 11 is 5.80. The summed E-state index contributed by atoms with van der Waals surface area (Å²) in [5.74, 6) is 0.920. The first-order chi connectivity index (χ1) is 7.34. The Hall–Kier alpha value is -1.22. The fourth-order valence-corrected chi connectivity index (χ4v) is 1.62. The second-order valence-electron chi connectivity index (χ2n) is 3.46. The minimum absolute atomic E-state index is 0.786. The van der Waals surface area contributed by atoms with Gasteiger partial charge in [-0.2, -0.15) is 0 Å². The summed E-state index contributed by atoms with van der Waals surface area (Å²) in [4.78, 5) is 4.25. The van der Waals surface area contributed by atoms with Crippen molar-refractivity contribution >= 4 is 17.6 Å². The molecule has 1 aromatic carbocycles. The predicted octanol–water partition coefficient (Wildman–Crippen LogP) is 1.43. The first-order valence-corrected chi connectivity index (χ1v) is 5.49. The molecule has 0 spiro atoms. The monoisotopic (exact) mass is 223 g/mol. The van der Waals surface area contributed by atoms with Crippen LogP contribution in [0.1, 0.15) is 5.56 Å². The first kappa shape index (κ1) is 10.3. The molecule has 0 fully saturated rings. The third kappa shape index (κ3) is 3.13. The number of benzene rings is 1. The van der Waals surface area contributed by atoms with Crippen molar-refractivity contribution in [1.29, 1.82) is 0 Å². The van der Waals surface area contributed by atoms with Gasteiger partial charge >= 0.3 is 0 Å². The van der Waals surface area contributed by atoms with Gasteiger partial charge in [0.25, 0.3) is 0 Å². The van der Waals surface area contributed by atoms with Crippen LogP contribution in [0.15, 0.2) is 29.3 Å². The van der Waals surface area contributed by atoms with Crippen molar-refractivity contribution in [2.24, 2.45) is 4.99 Å². The summed E-state index contributed by atoms with van der Waals surface area (Å²) in [6.45, 7) is 2.72. The van der Waals surface area contributed by atoms with Gasteiger partial charge in [0.2, 0.25) is 0 Å². The number of guanidine groups is 1. The normalized spacial score (nSPS) is 14.6. The molecule has 0 bridgehead atoms. The molecular formula is C11H14ClN3. The summed E-state index contributed by atoms with van der Waals surface area (Å²) in [7, 11) is 0. The largest absolute Gasteiger partial charge is 0.356 e. The van der Waals surface area contributed by atoms with Crippen LogP contribution in [0, 0.1) is 0 Å². The van der Waals surface area contributed by atoms with E-state index in [4.69, 9.17) is 11.6 Å². The summed E-state index contributed by atoms with van der Waals surface area (Å²) in [6.07, 6.45) is 0.984. The van der Waals surface area contributed by atoms with E-state index in [1.54, 1.807) is 0 Å². The molecule has 1 heterocycles. The number of aliphatic imine (C=N–C) groups is 1. The van der Waals surface area contributed by atoms with E-state index in [1.807, 2.05) is 24.3 Å². The summed E-state index contributed by atoms with van der Waals surface area (Å²) in [6, 6.07) is 7.94. The minimum Gasteiger partial charge on any atom is -0.356 e. The molecular weight excluding hydrogens is 210 g/mol. The Balaban J connectivity index is 1.75. The highest BCUT2D eigenvalue weighted by Crippen LogP contribution is 2.09. The van der Waals surface area contributed by atoms with E-state index >= 15 is 0 Å². The summed E-state index contributed by atoms with van der Waals surface area (Å²) in [5, 5.41) is 7.21. The van der Waals surface area contributed by atoms with Crippen LogP contribution >= 0.6 is 11.6 Å². The van der Waals surface area contributed by atoms with Crippen molar-refractivity contribution in [3.05, 3.63) is 34.9 Å². The molecule has 0 aromatic heterocycles. The molecule has 0 unspecified atom stereocenters. The van der Waals surface area contributed by atoms with Gasteiger partial charge in [-0.1, -0.05) is 23.7 Å². The smallest absolute Gasteiger partial charge is 0.191 e. The van der Waals surface area contributed by atoms with Crippen molar-refractivity contribution < 1.29 is 0 Å². The van der Waals surface area contributed by atoms with Gasteiger partial charge < -0.3 is 10.6 Å². The molecule has 2 rings (SSSR count). The van der Waals surface area contributed by atoms with Gasteiger partial charge in [-0.15, -0.1) is 0 Å². The number of nitrogens with zero attached hydrogens (tertiary/aromatic N) is 1. The highest BCUT2D eigenvalue weighted by molar-refractivity contribution is 6.30. The van der Waals surface area contributed by atoms with Crippen LogP contribution in [-0.4, -0.2) is 25.6 Å². The lowest BCUT2D eigenvalue weighted by atomic mass is 10.1. The molecule has 0 aliphatic carbocycles. The number of hydrogen-bond donors (Lipinski definition) is 2. The van der Waals surface area contributed by atoms with E-state index in [0.29, 0.717) is 0 Å². The molecule has 3 nitrogen and oxygen atoms in total. The Kier molecular flexibility index (Phi) is 3.45. The van der Waals surface area contributed by atoms with Gasteiger partial charge in [0.1, 0.15) is 0 Å². The van der Waals surface area contributed by atoms with E-state index < -0.39 is 0 Å². The molecule has 1 aliphatic heterocycles. The van der Waals surface area contributed by atoms with Crippen LogP contribution in [0.25, 0.3) is 0 Å². The van der Waals surface area contributed by atoms with E-state index in [-0.39, 0.29) is 0 Å². The van der Waals surface area contributed by atoms with Crippen LogP contribution in [0.5, 0.6) is 0 Å². The maximum atomic E-state index is 5.80. The SMILES string of the molecule is Clc1ccc(CCNC2=NCCN2)cc1. The van der Waals surface area contributed by atoms with Gasteiger partial charge in [0, 0.05) is 18.1 Å². The number of rotatable bonds is 3. The molecule has 0 radical (unpaired) electrons. The number of hydrogen-bond acceptors (Lipinski definition) is 3. The minimum atomic E-state index is 0.786. The van der Waals surface area contributed by atoms with Crippen molar-refractivity contribution in [3.63, 3.8) is 0 Å². The number of halogens is 1. The fraction of sp³-hybridized carbons (Fsp3) is 0.364. The maximum Gasteiger partial charge on any atom is 0.191 e. The molecule has 1 aliphatic rings. The molecule has 0 atom stereocenters. The lowest BCUT2D eigenvalue weighted by molar-refractivity contribution is 0.837. The van der Waals surface area contributed by atoms with E-state index in [9.17, 15) is 0 Å². The molecule has 0 saturated heterocycles. The van der Waals surface area contributed by atoms with Crippen molar-refractivity contribution in [3.8, 4) is 0 Å². The second-order valence-corrected chi connectivity index (χ2v) is 3.90. The van der Waals surface area contributed by atoms with Crippen LogP contribution < -0.4 is 10.6 Å². The van der Waals surface area contributed by atoms with Gasteiger partial charge in [-0.25, -0.2) is 0 Å². The van der Waals surface area contributed by atoms with Crippen LogP contribution in [-0.2, 0) is 6.42 Å². The zero-order valence-corrected chi connectivity index (χ0v) is 9.22. The van der Waals surface area contributed by atoms with Crippen LogP contribution in [0.2, 0.25) is 5.02 Å². The third-order valence-electron chi connectivity index (χ3n) is 2.29. The molecule has 80 valence electrons. The van der Waals surface area contributed by atoms with Gasteiger partial charge in [-0.3, -0.25) is 4.99 Å². The highest BCUT2D eigenvalue weighted by Gasteiger charge is 2.02. The van der Waals surface area contributed by atoms with Gasteiger partial charge in [-0.05, 0) is 24.1 Å². The second kappa shape index (κ2) is 5.03. The standard InChI is InChI=1S/C11H14ClN3/c12-10-3-1-9(2-4-10)5-6-13-11-14-7-8-15-11/h1-4H,5-8H2,(H2,13,14,15). The molecule has 4 heteroatoms. The number of nitrogens with one attached hydrogen (secondary N) is 2. The van der Waals surface area contributed by atoms with Crippen LogP contribution in [0.4, 0.5) is 0 Å². The highest BCUT2D eigenvalue weighted by atomic mass is 35.5. The molecule has 2 N–H and O–H groups in total. The van der Waals surface area contributed by atoms with Gasteiger partial charge in [0.15, 0.2) is 5.96 Å². The Morgan fingerprint density at radius 3 is 2.80 bits per heavy atom. The van der Waals surface area contributed by atoms with E-state index in [2.05, 4.69) is 15.6 Å². The topological polar surface area (TPSA) is 36.4 Å². The average molecular weight is 224 g/mol. The van der Waals surface area contributed by atoms with Crippen LogP contribution in [0.3, 0.4) is 0 Å². The first-order valence-electron chi connectivity index (χ1n) is 5.11. The van der Waals surface area contributed by atoms with Gasteiger partial charge in [0.05, 0.1) is 6.54 Å². The average Bonchev–Trinajstić information content (AvgIpc) is 2.74. The van der Waals surface area contributed by atoms with E-state index in [0.717, 1.165) is 37.0 Å². The third-order valence-corrected chi connectivity index (χ3v) is 2.55. The molecule has 15 heavy (non-hydrogen) atoms. The Morgan fingerprint density at radius 2 is 2.13 bits per heavy atom. The summed E-state index contributed by atoms with van der Waals surface area (Å²) < 4.78 is 0. The zero-order valence-electron chi connectivity index (χ0n) is 8.46. The summed E-state index contributed by atoms with van der Waals surface area (Å²) in [5.41, 5.74) is 1.28. The Labute approximate surface area is 94.5 Å². The molecule has 0 amide bonds. The lowest BCUT2D eigenvalue weighted by Crippen LogP contribution is -2.34. The Bertz CT molecular complexity index is 345. The predicted molar refractivity (Wildman–Crippen MR) is 63.5 cm³/mol. The van der Waals surface area contributed by atoms with Crippen molar-refractivity contribution in [2.45, 2.75) is 6.42 Å². The fourth-order valence-electron chi connectivity index (χ4n) is 1.49.